The molecule has 3 aromatic carbocycles. The average molecular weight is 472 g/mol. The van der Waals surface area contributed by atoms with Crippen LogP contribution in [0.25, 0.3) is 11.4 Å². The van der Waals surface area contributed by atoms with E-state index in [1.807, 2.05) is 79.2 Å². The summed E-state index contributed by atoms with van der Waals surface area (Å²) < 4.78 is 1.86. The molecular formula is C26H25N5O2S. The summed E-state index contributed by atoms with van der Waals surface area (Å²) in [6.45, 7) is 1.93. The first-order valence-electron chi connectivity index (χ1n) is 10.8. The molecule has 8 heteroatoms. The number of aromatic nitrogens is 3. The Morgan fingerprint density at radius 3 is 2.29 bits per heavy atom. The van der Waals surface area contributed by atoms with E-state index in [1.165, 1.54) is 11.8 Å². The van der Waals surface area contributed by atoms with Crippen LogP contribution in [0.2, 0.25) is 0 Å². The monoisotopic (exact) mass is 471 g/mol. The lowest BCUT2D eigenvalue weighted by Crippen LogP contribution is -2.28. The van der Waals surface area contributed by atoms with Crippen LogP contribution in [0.4, 0.5) is 5.69 Å². The number of carbonyl (C=O) groups excluding carboxylic acids is 2. The van der Waals surface area contributed by atoms with Crippen molar-refractivity contribution < 1.29 is 9.59 Å². The van der Waals surface area contributed by atoms with Gasteiger partial charge in [-0.05, 0) is 24.6 Å². The molecule has 0 fully saturated rings. The molecular weight excluding hydrogens is 446 g/mol. The number of nitrogens with one attached hydrogen (secondary N) is 2. The second-order valence-corrected chi connectivity index (χ2v) is 8.66. The summed E-state index contributed by atoms with van der Waals surface area (Å²) in [5.74, 6) is 0.390. The van der Waals surface area contributed by atoms with Crippen molar-refractivity contribution >= 4 is 29.3 Å². The lowest BCUT2D eigenvalue weighted by Gasteiger charge is -2.16. The fraction of sp³-hybridized carbons (Fsp3) is 0.154. The van der Waals surface area contributed by atoms with E-state index in [9.17, 15) is 9.59 Å². The molecule has 1 atom stereocenters. The second-order valence-electron chi connectivity index (χ2n) is 7.72. The first-order chi connectivity index (χ1) is 16.5. The van der Waals surface area contributed by atoms with Gasteiger partial charge in [-0.2, -0.15) is 0 Å². The molecule has 0 aliphatic heterocycles. The number of anilines is 1. The Bertz CT molecular complexity index is 1270. The van der Waals surface area contributed by atoms with E-state index in [0.29, 0.717) is 16.4 Å². The number of hydrogen-bond donors (Lipinski definition) is 2. The van der Waals surface area contributed by atoms with Gasteiger partial charge < -0.3 is 15.2 Å². The number of benzene rings is 3. The first-order valence-corrected chi connectivity index (χ1v) is 11.8. The van der Waals surface area contributed by atoms with Gasteiger partial charge in [0.1, 0.15) is 0 Å². The van der Waals surface area contributed by atoms with E-state index in [0.717, 1.165) is 17.0 Å². The average Bonchev–Trinajstić information content (AvgIpc) is 3.24. The van der Waals surface area contributed by atoms with Crippen molar-refractivity contribution in [2.75, 3.05) is 11.1 Å². The molecule has 34 heavy (non-hydrogen) atoms. The maximum Gasteiger partial charge on any atom is 0.253 e. The Hall–Kier alpha value is -3.91. The van der Waals surface area contributed by atoms with Crippen LogP contribution in [0.15, 0.2) is 90.1 Å². The van der Waals surface area contributed by atoms with E-state index < -0.39 is 0 Å². The molecule has 0 saturated heterocycles. The summed E-state index contributed by atoms with van der Waals surface area (Å²) in [4.78, 5) is 25.6. The molecule has 7 nitrogen and oxygen atoms in total. The van der Waals surface area contributed by atoms with Gasteiger partial charge in [0.15, 0.2) is 11.0 Å². The van der Waals surface area contributed by atoms with E-state index in [4.69, 9.17) is 0 Å². The highest BCUT2D eigenvalue weighted by Crippen LogP contribution is 2.23. The number of amides is 2. The normalized spacial score (nSPS) is 11.6. The Labute approximate surface area is 202 Å². The number of carbonyl (C=O) groups is 2. The molecule has 0 spiro atoms. The van der Waals surface area contributed by atoms with E-state index in [1.54, 1.807) is 24.3 Å². The quantitative estimate of drug-likeness (QED) is 0.364. The van der Waals surface area contributed by atoms with Crippen molar-refractivity contribution in [3.63, 3.8) is 0 Å². The highest BCUT2D eigenvalue weighted by Gasteiger charge is 2.17. The smallest absolute Gasteiger partial charge is 0.253 e. The molecule has 0 bridgehead atoms. The van der Waals surface area contributed by atoms with E-state index in [2.05, 4.69) is 20.8 Å². The van der Waals surface area contributed by atoms with Crippen molar-refractivity contribution in [3.8, 4) is 11.4 Å². The number of nitrogens with zero attached hydrogens (tertiary/aromatic N) is 3. The molecule has 1 heterocycles. The van der Waals surface area contributed by atoms with Crippen LogP contribution < -0.4 is 10.6 Å². The topological polar surface area (TPSA) is 88.9 Å². The van der Waals surface area contributed by atoms with Crippen molar-refractivity contribution in [2.45, 2.75) is 18.1 Å². The molecule has 0 aliphatic carbocycles. The predicted octanol–water partition coefficient (Wildman–Crippen LogP) is 4.70. The van der Waals surface area contributed by atoms with E-state index in [-0.39, 0.29) is 23.6 Å². The molecule has 1 aromatic heterocycles. The first kappa shape index (κ1) is 23.3. The molecule has 2 N–H and O–H groups in total. The molecule has 172 valence electrons. The van der Waals surface area contributed by atoms with Gasteiger partial charge in [-0.3, -0.25) is 9.59 Å². The van der Waals surface area contributed by atoms with Crippen molar-refractivity contribution in [1.29, 1.82) is 0 Å². The zero-order valence-corrected chi connectivity index (χ0v) is 19.8. The lowest BCUT2D eigenvalue weighted by molar-refractivity contribution is -0.113. The van der Waals surface area contributed by atoms with Gasteiger partial charge in [0, 0.05) is 12.6 Å². The minimum Gasteiger partial charge on any atom is -0.345 e. The van der Waals surface area contributed by atoms with Crippen LogP contribution in [0.3, 0.4) is 0 Å². The van der Waals surface area contributed by atoms with Crippen molar-refractivity contribution in [3.05, 3.63) is 96.1 Å². The molecule has 4 aromatic rings. The van der Waals surface area contributed by atoms with E-state index >= 15 is 0 Å². The second kappa shape index (κ2) is 10.8. The highest BCUT2D eigenvalue weighted by molar-refractivity contribution is 7.99. The Balaban J connectivity index is 1.39. The van der Waals surface area contributed by atoms with Gasteiger partial charge in [-0.1, -0.05) is 84.6 Å². The summed E-state index contributed by atoms with van der Waals surface area (Å²) in [6.07, 6.45) is 0. The predicted molar refractivity (Wildman–Crippen MR) is 135 cm³/mol. The third-order valence-electron chi connectivity index (χ3n) is 5.29. The summed E-state index contributed by atoms with van der Waals surface area (Å²) >= 11 is 1.29. The SMILES string of the molecule is C[C@H](NC(=O)c1ccccc1NC(=O)CSc1nnc(-c2ccccc2)n1C)c1ccccc1. The summed E-state index contributed by atoms with van der Waals surface area (Å²) in [5, 5.41) is 14.9. The largest absolute Gasteiger partial charge is 0.345 e. The Morgan fingerprint density at radius 1 is 0.912 bits per heavy atom. The fourth-order valence-corrected chi connectivity index (χ4v) is 4.20. The zero-order valence-electron chi connectivity index (χ0n) is 18.9. The minimum atomic E-state index is -0.249. The van der Waals surface area contributed by atoms with Crippen LogP contribution >= 0.6 is 11.8 Å². The molecule has 0 aliphatic rings. The lowest BCUT2D eigenvalue weighted by atomic mass is 10.1. The van der Waals surface area contributed by atoms with Crippen LogP contribution in [0, 0.1) is 0 Å². The standard InChI is InChI=1S/C26H25N5O2S/c1-18(19-11-5-3-6-12-19)27-25(33)21-15-9-10-16-22(21)28-23(32)17-34-26-30-29-24(31(26)2)20-13-7-4-8-14-20/h3-16,18H,17H2,1-2H3,(H,27,33)(H,28,32)/t18-/m0/s1. The Morgan fingerprint density at radius 2 is 1.56 bits per heavy atom. The molecule has 0 radical (unpaired) electrons. The summed E-state index contributed by atoms with van der Waals surface area (Å²) in [7, 11) is 1.87. The van der Waals surface area contributed by atoms with Crippen LogP contribution in [0.1, 0.15) is 28.9 Å². The number of thioether (sulfide) groups is 1. The third kappa shape index (κ3) is 5.52. The molecule has 0 unspecified atom stereocenters. The van der Waals surface area contributed by atoms with Crippen LogP contribution in [-0.4, -0.2) is 32.3 Å². The molecule has 2 amide bonds. The molecule has 4 rings (SSSR count). The van der Waals surface area contributed by atoms with Gasteiger partial charge >= 0.3 is 0 Å². The number of hydrogen-bond acceptors (Lipinski definition) is 5. The van der Waals surface area contributed by atoms with Gasteiger partial charge in [0.05, 0.1) is 23.0 Å². The third-order valence-corrected chi connectivity index (χ3v) is 6.31. The molecule has 0 saturated carbocycles. The number of rotatable bonds is 8. The zero-order chi connectivity index (χ0) is 23.9. The van der Waals surface area contributed by atoms with Crippen LogP contribution in [-0.2, 0) is 11.8 Å². The van der Waals surface area contributed by atoms with Crippen molar-refractivity contribution in [1.82, 2.24) is 20.1 Å². The van der Waals surface area contributed by atoms with Gasteiger partial charge in [0.2, 0.25) is 5.91 Å². The Kier molecular flexibility index (Phi) is 7.39. The highest BCUT2D eigenvalue weighted by atomic mass is 32.2. The summed E-state index contributed by atoms with van der Waals surface area (Å²) in [6, 6.07) is 26.3. The maximum absolute atomic E-state index is 12.9. The maximum atomic E-state index is 12.9. The van der Waals surface area contributed by atoms with Gasteiger partial charge in [-0.15, -0.1) is 10.2 Å². The van der Waals surface area contributed by atoms with Crippen molar-refractivity contribution in [2.24, 2.45) is 7.05 Å². The summed E-state index contributed by atoms with van der Waals surface area (Å²) in [5.41, 5.74) is 2.84. The fourth-order valence-electron chi connectivity index (χ4n) is 3.49. The van der Waals surface area contributed by atoms with Gasteiger partial charge in [0.25, 0.3) is 5.91 Å². The minimum absolute atomic E-state index is 0.136. The van der Waals surface area contributed by atoms with Gasteiger partial charge in [-0.25, -0.2) is 0 Å². The van der Waals surface area contributed by atoms with Crippen LogP contribution in [0.5, 0.6) is 0 Å². The number of para-hydroxylation sites is 1.